The van der Waals surface area contributed by atoms with E-state index in [9.17, 15) is 9.59 Å². The first-order valence-corrected chi connectivity index (χ1v) is 6.83. The third-order valence-electron chi connectivity index (χ3n) is 3.60. The fourth-order valence-electron chi connectivity index (χ4n) is 2.39. The quantitative estimate of drug-likeness (QED) is 0.799. The molecule has 1 aliphatic rings. The topological polar surface area (TPSA) is 67.4 Å². The summed E-state index contributed by atoms with van der Waals surface area (Å²) >= 11 is 0. The zero-order valence-corrected chi connectivity index (χ0v) is 12.8. The Bertz CT molecular complexity index is 461. The van der Waals surface area contributed by atoms with E-state index in [1.165, 1.54) is 7.11 Å². The predicted octanol–water partition coefficient (Wildman–Crippen LogP) is 1.09. The molecule has 0 saturated carbocycles. The lowest BCUT2D eigenvalue weighted by molar-refractivity contribution is -0.142. The summed E-state index contributed by atoms with van der Waals surface area (Å²) in [6.07, 6.45) is 0.847. The summed E-state index contributed by atoms with van der Waals surface area (Å²) in [7, 11) is 1.36. The van der Waals surface area contributed by atoms with Crippen LogP contribution in [0.15, 0.2) is 30.3 Å². The molecule has 0 radical (unpaired) electrons. The number of nitrogens with one attached hydrogen (secondary N) is 2. The van der Waals surface area contributed by atoms with E-state index in [0.29, 0.717) is 6.54 Å². The van der Waals surface area contributed by atoms with Gasteiger partial charge < -0.3 is 15.4 Å². The minimum absolute atomic E-state index is 0. The molecule has 1 aliphatic heterocycles. The van der Waals surface area contributed by atoms with Crippen LogP contribution in [0, 0.1) is 5.92 Å². The summed E-state index contributed by atoms with van der Waals surface area (Å²) in [6, 6.07) is 9.36. The number of amides is 1. The van der Waals surface area contributed by atoms with E-state index >= 15 is 0 Å². The van der Waals surface area contributed by atoms with Crippen molar-refractivity contribution in [2.24, 2.45) is 5.92 Å². The minimum atomic E-state index is -0.459. The summed E-state index contributed by atoms with van der Waals surface area (Å²) in [5.74, 6) is -0.788. The first-order chi connectivity index (χ1) is 9.72. The van der Waals surface area contributed by atoms with E-state index in [-0.39, 0.29) is 36.7 Å². The molecule has 6 heteroatoms. The maximum absolute atomic E-state index is 12.0. The normalized spacial score (nSPS) is 18.4. The van der Waals surface area contributed by atoms with Gasteiger partial charge in [-0.1, -0.05) is 30.3 Å². The van der Waals surface area contributed by atoms with Crippen molar-refractivity contribution in [3.05, 3.63) is 35.9 Å². The van der Waals surface area contributed by atoms with E-state index in [1.807, 2.05) is 30.3 Å². The summed E-state index contributed by atoms with van der Waals surface area (Å²) in [5, 5.41) is 6.01. The Morgan fingerprint density at radius 3 is 2.67 bits per heavy atom. The van der Waals surface area contributed by atoms with Gasteiger partial charge in [0, 0.05) is 13.1 Å². The standard InChI is InChI=1S/C15H20N2O3.ClH/c1-20-15(19)13(11-5-3-2-4-6-11)10-17-14(18)12-7-8-16-9-12;/h2-6,12-13,16H,7-10H2,1H3,(H,17,18);1H. The van der Waals surface area contributed by atoms with Crippen LogP contribution in [0.25, 0.3) is 0 Å². The van der Waals surface area contributed by atoms with Crippen LogP contribution in [0.3, 0.4) is 0 Å². The largest absolute Gasteiger partial charge is 0.468 e. The molecule has 1 aromatic carbocycles. The summed E-state index contributed by atoms with van der Waals surface area (Å²) in [6.45, 7) is 1.85. The van der Waals surface area contributed by atoms with Gasteiger partial charge in [-0.15, -0.1) is 12.4 Å². The second-order valence-corrected chi connectivity index (χ2v) is 4.92. The molecule has 21 heavy (non-hydrogen) atoms. The Morgan fingerprint density at radius 1 is 1.38 bits per heavy atom. The molecular weight excluding hydrogens is 292 g/mol. The van der Waals surface area contributed by atoms with Crippen molar-refractivity contribution in [3.8, 4) is 0 Å². The molecule has 0 aliphatic carbocycles. The van der Waals surface area contributed by atoms with Gasteiger partial charge in [-0.2, -0.15) is 0 Å². The zero-order valence-electron chi connectivity index (χ0n) is 12.0. The van der Waals surface area contributed by atoms with Crippen LogP contribution in [-0.2, 0) is 14.3 Å². The van der Waals surface area contributed by atoms with Crippen LogP contribution < -0.4 is 10.6 Å². The monoisotopic (exact) mass is 312 g/mol. The van der Waals surface area contributed by atoms with Crippen LogP contribution in [0.1, 0.15) is 17.9 Å². The van der Waals surface area contributed by atoms with Crippen molar-refractivity contribution in [2.75, 3.05) is 26.7 Å². The minimum Gasteiger partial charge on any atom is -0.468 e. The first kappa shape index (κ1) is 17.5. The van der Waals surface area contributed by atoms with E-state index in [1.54, 1.807) is 0 Å². The van der Waals surface area contributed by atoms with Gasteiger partial charge in [0.05, 0.1) is 18.9 Å². The van der Waals surface area contributed by atoms with Crippen LogP contribution in [0.4, 0.5) is 0 Å². The predicted molar refractivity (Wildman–Crippen MR) is 82.4 cm³/mol. The van der Waals surface area contributed by atoms with Crippen LogP contribution >= 0.6 is 12.4 Å². The number of ether oxygens (including phenoxy) is 1. The number of benzene rings is 1. The molecule has 1 saturated heterocycles. The second-order valence-electron chi connectivity index (χ2n) is 4.92. The van der Waals surface area contributed by atoms with Crippen molar-refractivity contribution >= 4 is 24.3 Å². The Labute approximate surface area is 130 Å². The highest BCUT2D eigenvalue weighted by Crippen LogP contribution is 2.17. The van der Waals surface area contributed by atoms with Gasteiger partial charge in [-0.25, -0.2) is 0 Å². The highest BCUT2D eigenvalue weighted by atomic mass is 35.5. The smallest absolute Gasteiger partial charge is 0.314 e. The number of esters is 1. The number of halogens is 1. The average Bonchev–Trinajstić information content (AvgIpc) is 3.02. The number of rotatable bonds is 5. The lowest BCUT2D eigenvalue weighted by Gasteiger charge is -2.17. The van der Waals surface area contributed by atoms with Gasteiger partial charge in [0.2, 0.25) is 5.91 Å². The van der Waals surface area contributed by atoms with Gasteiger partial charge >= 0.3 is 5.97 Å². The van der Waals surface area contributed by atoms with Gasteiger partial charge in [0.1, 0.15) is 0 Å². The van der Waals surface area contributed by atoms with Crippen LogP contribution in [0.5, 0.6) is 0 Å². The molecule has 2 atom stereocenters. The maximum Gasteiger partial charge on any atom is 0.314 e. The fourth-order valence-corrected chi connectivity index (χ4v) is 2.39. The van der Waals surface area contributed by atoms with Gasteiger partial charge in [0.15, 0.2) is 0 Å². The number of carbonyl (C=O) groups excluding carboxylic acids is 2. The Morgan fingerprint density at radius 2 is 2.10 bits per heavy atom. The number of hydrogen-bond donors (Lipinski definition) is 2. The van der Waals surface area contributed by atoms with Crippen LogP contribution in [-0.4, -0.2) is 38.6 Å². The summed E-state index contributed by atoms with van der Waals surface area (Å²) in [5.41, 5.74) is 0.851. The second kappa shape index (κ2) is 8.64. The molecule has 1 aromatic rings. The summed E-state index contributed by atoms with van der Waals surface area (Å²) in [4.78, 5) is 23.8. The van der Waals surface area contributed by atoms with Gasteiger partial charge in [0.25, 0.3) is 0 Å². The Hall–Kier alpha value is -1.59. The molecule has 0 bridgehead atoms. The SMILES string of the molecule is COC(=O)C(CNC(=O)C1CCNC1)c1ccccc1.Cl. The van der Waals surface area contributed by atoms with Crippen molar-refractivity contribution in [2.45, 2.75) is 12.3 Å². The third-order valence-corrected chi connectivity index (χ3v) is 3.60. The van der Waals surface area contributed by atoms with E-state index in [0.717, 1.165) is 18.5 Å². The fraction of sp³-hybridized carbons (Fsp3) is 0.467. The van der Waals surface area contributed by atoms with Gasteiger partial charge in [-0.05, 0) is 18.5 Å². The zero-order chi connectivity index (χ0) is 14.4. The van der Waals surface area contributed by atoms with E-state index in [2.05, 4.69) is 10.6 Å². The molecule has 116 valence electrons. The number of methoxy groups -OCH3 is 1. The first-order valence-electron chi connectivity index (χ1n) is 6.83. The van der Waals surface area contributed by atoms with Crippen molar-refractivity contribution in [3.63, 3.8) is 0 Å². The molecular formula is C15H21ClN2O3. The molecule has 2 N–H and O–H groups in total. The molecule has 1 fully saturated rings. The Balaban J connectivity index is 0.00000220. The van der Waals surface area contributed by atoms with Crippen molar-refractivity contribution in [1.82, 2.24) is 10.6 Å². The maximum atomic E-state index is 12.0. The average molecular weight is 313 g/mol. The lowest BCUT2D eigenvalue weighted by atomic mass is 9.98. The highest BCUT2D eigenvalue weighted by molar-refractivity contribution is 5.85. The Kier molecular flexibility index (Phi) is 7.19. The van der Waals surface area contributed by atoms with E-state index in [4.69, 9.17) is 4.74 Å². The number of carbonyl (C=O) groups is 2. The van der Waals surface area contributed by atoms with Crippen molar-refractivity contribution in [1.29, 1.82) is 0 Å². The molecule has 2 unspecified atom stereocenters. The van der Waals surface area contributed by atoms with Crippen LogP contribution in [0.2, 0.25) is 0 Å². The molecule has 1 amide bonds. The molecule has 2 rings (SSSR count). The number of hydrogen-bond acceptors (Lipinski definition) is 4. The highest BCUT2D eigenvalue weighted by Gasteiger charge is 2.26. The molecule has 0 spiro atoms. The molecule has 5 nitrogen and oxygen atoms in total. The molecule has 1 heterocycles. The lowest BCUT2D eigenvalue weighted by Crippen LogP contribution is -2.36. The third kappa shape index (κ3) is 4.72. The van der Waals surface area contributed by atoms with E-state index < -0.39 is 5.92 Å². The van der Waals surface area contributed by atoms with Gasteiger partial charge in [-0.3, -0.25) is 9.59 Å². The molecule has 0 aromatic heterocycles. The van der Waals surface area contributed by atoms with Crippen molar-refractivity contribution < 1.29 is 14.3 Å². The summed E-state index contributed by atoms with van der Waals surface area (Å²) < 4.78 is 4.82.